The molecule has 0 atom stereocenters. The molecule has 0 bridgehead atoms. The van der Waals surface area contributed by atoms with Crippen LogP contribution < -0.4 is 0 Å². The molecule has 1 aromatic carbocycles. The Morgan fingerprint density at radius 3 is 2.46 bits per heavy atom. The molecule has 0 aliphatic rings. The lowest BCUT2D eigenvalue weighted by molar-refractivity contribution is 0.102. The monoisotopic (exact) mass is 388 g/mol. The molecule has 70 valence electrons. The number of ketones is 1. The Morgan fingerprint density at radius 2 is 2.00 bits per heavy atom. The molecular formula is C8H4Br3ClO. The molecule has 0 spiro atoms. The van der Waals surface area contributed by atoms with Gasteiger partial charge in [0.25, 0.3) is 0 Å². The molecule has 0 aliphatic carbocycles. The molecule has 0 N–H and O–H groups in total. The molecule has 0 heterocycles. The average Bonchev–Trinajstić information content (AvgIpc) is 2.12. The molecule has 0 radical (unpaired) electrons. The van der Waals surface area contributed by atoms with Crippen molar-refractivity contribution in [3.05, 3.63) is 31.7 Å². The molecule has 0 aromatic heterocycles. The van der Waals surface area contributed by atoms with Crippen LogP contribution in [0.25, 0.3) is 0 Å². The molecule has 0 saturated carbocycles. The zero-order chi connectivity index (χ0) is 10.0. The molecule has 1 nitrogen and oxygen atoms in total. The zero-order valence-corrected chi connectivity index (χ0v) is 11.8. The van der Waals surface area contributed by atoms with Crippen LogP contribution in [0.15, 0.2) is 21.1 Å². The smallest absolute Gasteiger partial charge is 0.173 e. The summed E-state index contributed by atoms with van der Waals surface area (Å²) in [6.45, 7) is 0. The van der Waals surface area contributed by atoms with Gasteiger partial charge in [-0.15, -0.1) is 0 Å². The summed E-state index contributed by atoms with van der Waals surface area (Å²) in [6, 6.07) is 3.37. The number of hydrogen-bond acceptors (Lipinski definition) is 1. The highest BCUT2D eigenvalue weighted by Gasteiger charge is 2.09. The van der Waals surface area contributed by atoms with Crippen molar-refractivity contribution < 1.29 is 4.79 Å². The summed E-state index contributed by atoms with van der Waals surface area (Å²) in [5.41, 5.74) is 0.594. The molecule has 0 amide bonds. The first-order valence-electron chi connectivity index (χ1n) is 3.30. The van der Waals surface area contributed by atoms with Crippen LogP contribution in [0.2, 0.25) is 5.02 Å². The summed E-state index contributed by atoms with van der Waals surface area (Å²) in [7, 11) is 0. The van der Waals surface area contributed by atoms with Gasteiger partial charge in [0.15, 0.2) is 5.78 Å². The number of rotatable bonds is 2. The third-order valence-electron chi connectivity index (χ3n) is 1.43. The van der Waals surface area contributed by atoms with Crippen LogP contribution >= 0.6 is 59.4 Å². The molecular weight excluding hydrogens is 387 g/mol. The molecule has 0 saturated heterocycles. The van der Waals surface area contributed by atoms with E-state index in [2.05, 4.69) is 47.8 Å². The number of hydrogen-bond donors (Lipinski definition) is 0. The van der Waals surface area contributed by atoms with Gasteiger partial charge in [-0.25, -0.2) is 0 Å². The van der Waals surface area contributed by atoms with Crippen molar-refractivity contribution in [1.29, 1.82) is 0 Å². The Bertz CT molecular complexity index is 328. The predicted molar refractivity (Wildman–Crippen MR) is 65.0 cm³/mol. The SMILES string of the molecule is O=C(CBr)c1cc(Cl)c(Br)c(Br)c1. The van der Waals surface area contributed by atoms with Gasteiger partial charge in [-0.05, 0) is 44.0 Å². The van der Waals surface area contributed by atoms with Crippen LogP contribution in [-0.2, 0) is 0 Å². The van der Waals surface area contributed by atoms with E-state index in [1.807, 2.05) is 0 Å². The molecule has 5 heteroatoms. The van der Waals surface area contributed by atoms with E-state index in [0.717, 1.165) is 8.95 Å². The van der Waals surface area contributed by atoms with Crippen molar-refractivity contribution in [2.24, 2.45) is 0 Å². The normalized spacial score (nSPS) is 10.2. The minimum absolute atomic E-state index is 0.00935. The van der Waals surface area contributed by atoms with Gasteiger partial charge in [0.1, 0.15) is 0 Å². The fraction of sp³-hybridized carbons (Fsp3) is 0.125. The first-order valence-corrected chi connectivity index (χ1v) is 6.38. The lowest BCUT2D eigenvalue weighted by Crippen LogP contribution is -1.99. The van der Waals surface area contributed by atoms with Crippen LogP contribution in [0.1, 0.15) is 10.4 Å². The molecule has 0 fully saturated rings. The fourth-order valence-corrected chi connectivity index (χ4v) is 2.14. The van der Waals surface area contributed by atoms with Crippen LogP contribution in [0.3, 0.4) is 0 Å². The lowest BCUT2D eigenvalue weighted by Gasteiger charge is -2.02. The van der Waals surface area contributed by atoms with Crippen LogP contribution in [-0.4, -0.2) is 11.1 Å². The van der Waals surface area contributed by atoms with E-state index in [1.165, 1.54) is 0 Å². The van der Waals surface area contributed by atoms with Gasteiger partial charge in [0.05, 0.1) is 14.8 Å². The lowest BCUT2D eigenvalue weighted by atomic mass is 10.1. The van der Waals surface area contributed by atoms with Gasteiger partial charge in [-0.1, -0.05) is 27.5 Å². The maximum Gasteiger partial charge on any atom is 0.173 e. The van der Waals surface area contributed by atoms with E-state index < -0.39 is 0 Å². The van der Waals surface area contributed by atoms with Crippen molar-refractivity contribution in [1.82, 2.24) is 0 Å². The van der Waals surface area contributed by atoms with E-state index in [9.17, 15) is 4.79 Å². The summed E-state index contributed by atoms with van der Waals surface area (Å²) < 4.78 is 1.55. The van der Waals surface area contributed by atoms with Crippen molar-refractivity contribution in [3.8, 4) is 0 Å². The third kappa shape index (κ3) is 2.78. The Hall–Kier alpha value is 0.620. The maximum absolute atomic E-state index is 11.3. The summed E-state index contributed by atoms with van der Waals surface area (Å²) >= 11 is 15.6. The Morgan fingerprint density at radius 1 is 1.38 bits per heavy atom. The van der Waals surface area contributed by atoms with Gasteiger partial charge in [-0.3, -0.25) is 4.79 Å². The Balaban J connectivity index is 3.20. The van der Waals surface area contributed by atoms with E-state index in [0.29, 0.717) is 15.9 Å². The highest BCUT2D eigenvalue weighted by molar-refractivity contribution is 9.13. The minimum Gasteiger partial charge on any atom is -0.293 e. The number of Topliss-reactive ketones (excluding diaryl/α,β-unsaturated/α-hetero) is 1. The van der Waals surface area contributed by atoms with Crippen molar-refractivity contribution in [3.63, 3.8) is 0 Å². The highest BCUT2D eigenvalue weighted by Crippen LogP contribution is 2.32. The van der Waals surface area contributed by atoms with E-state index in [1.54, 1.807) is 12.1 Å². The third-order valence-corrected chi connectivity index (χ3v) is 4.47. The van der Waals surface area contributed by atoms with Crippen molar-refractivity contribution in [2.45, 2.75) is 0 Å². The fourth-order valence-electron chi connectivity index (χ4n) is 0.794. The highest BCUT2D eigenvalue weighted by atomic mass is 79.9. The summed E-state index contributed by atoms with van der Waals surface area (Å²) in [5.74, 6) is 0.00935. The number of alkyl halides is 1. The predicted octanol–water partition coefficient (Wildman–Crippen LogP) is 4.44. The van der Waals surface area contributed by atoms with Crippen LogP contribution in [0.4, 0.5) is 0 Å². The van der Waals surface area contributed by atoms with Crippen molar-refractivity contribution in [2.75, 3.05) is 5.33 Å². The second-order valence-corrected chi connectivity index (χ2v) is 4.93. The van der Waals surface area contributed by atoms with Crippen LogP contribution in [0.5, 0.6) is 0 Å². The number of halogens is 4. The van der Waals surface area contributed by atoms with E-state index in [-0.39, 0.29) is 5.78 Å². The first-order chi connectivity index (χ1) is 6.06. The molecule has 1 rings (SSSR count). The molecule has 0 aliphatic heterocycles. The molecule has 1 aromatic rings. The second-order valence-electron chi connectivity index (χ2n) is 2.31. The Labute approximate surface area is 106 Å². The first kappa shape index (κ1) is 11.7. The molecule has 13 heavy (non-hydrogen) atoms. The maximum atomic E-state index is 11.3. The largest absolute Gasteiger partial charge is 0.293 e. The van der Waals surface area contributed by atoms with Gasteiger partial charge < -0.3 is 0 Å². The molecule has 0 unspecified atom stereocenters. The number of benzene rings is 1. The van der Waals surface area contributed by atoms with Gasteiger partial charge in [-0.2, -0.15) is 0 Å². The summed E-state index contributed by atoms with van der Waals surface area (Å²) in [6.07, 6.45) is 0. The van der Waals surface area contributed by atoms with E-state index in [4.69, 9.17) is 11.6 Å². The Kier molecular flexibility index (Phi) is 4.42. The summed E-state index contributed by atoms with van der Waals surface area (Å²) in [5, 5.41) is 0.830. The van der Waals surface area contributed by atoms with Gasteiger partial charge >= 0.3 is 0 Å². The topological polar surface area (TPSA) is 17.1 Å². The van der Waals surface area contributed by atoms with Gasteiger partial charge in [0, 0.05) is 10.0 Å². The average molecular weight is 391 g/mol. The summed E-state index contributed by atoms with van der Waals surface area (Å²) in [4.78, 5) is 11.3. The van der Waals surface area contributed by atoms with Crippen molar-refractivity contribution >= 4 is 65.2 Å². The number of carbonyl (C=O) groups excluding carboxylic acids is 1. The van der Waals surface area contributed by atoms with Crippen LogP contribution in [0, 0.1) is 0 Å². The minimum atomic E-state index is 0.00935. The van der Waals surface area contributed by atoms with E-state index >= 15 is 0 Å². The standard InChI is InChI=1S/C8H4Br3ClO/c9-3-7(13)4-1-5(10)8(11)6(12)2-4/h1-2H,3H2. The zero-order valence-electron chi connectivity index (χ0n) is 6.28. The number of carbonyl (C=O) groups is 1. The van der Waals surface area contributed by atoms with Gasteiger partial charge in [0.2, 0.25) is 0 Å². The quantitative estimate of drug-likeness (QED) is 0.414. The second kappa shape index (κ2) is 4.91.